The number of urea groups is 1. The fraction of sp³-hybridized carbons (Fsp3) is 0.500. The lowest BCUT2D eigenvalue weighted by molar-refractivity contribution is 0.193. The van der Waals surface area contributed by atoms with E-state index >= 15 is 0 Å². The standard InChI is InChI=1S/C14H23N3O2/c1-17(2)13-7-4-6-12(10-13)11-16-14(18)15-8-5-9-19-3/h4,6-7,10H,5,8-9,11H2,1-3H3,(H2,15,16,18). The third-order valence-corrected chi connectivity index (χ3v) is 2.69. The summed E-state index contributed by atoms with van der Waals surface area (Å²) in [5, 5.41) is 5.62. The summed E-state index contributed by atoms with van der Waals surface area (Å²) >= 11 is 0. The Labute approximate surface area is 114 Å². The van der Waals surface area contributed by atoms with Crippen molar-refractivity contribution in [2.75, 3.05) is 39.3 Å². The molecule has 2 N–H and O–H groups in total. The van der Waals surface area contributed by atoms with Gasteiger partial charge in [-0.05, 0) is 24.1 Å². The second kappa shape index (κ2) is 8.37. The molecule has 0 aliphatic carbocycles. The van der Waals surface area contributed by atoms with Crippen LogP contribution in [0.25, 0.3) is 0 Å². The fourth-order valence-electron chi connectivity index (χ4n) is 1.61. The van der Waals surface area contributed by atoms with Crippen molar-refractivity contribution >= 4 is 11.7 Å². The molecule has 0 spiro atoms. The van der Waals surface area contributed by atoms with Crippen LogP contribution in [0.3, 0.4) is 0 Å². The third kappa shape index (κ3) is 6.10. The van der Waals surface area contributed by atoms with Gasteiger partial charge in [0.1, 0.15) is 0 Å². The van der Waals surface area contributed by atoms with Gasteiger partial charge in [0.2, 0.25) is 0 Å². The Bertz CT molecular complexity index is 394. The smallest absolute Gasteiger partial charge is 0.315 e. The van der Waals surface area contributed by atoms with Gasteiger partial charge in [0, 0.05) is 46.6 Å². The molecule has 0 saturated heterocycles. The maximum atomic E-state index is 11.5. The van der Waals surface area contributed by atoms with Crippen LogP contribution in [-0.4, -0.2) is 40.4 Å². The van der Waals surface area contributed by atoms with Crippen molar-refractivity contribution in [3.63, 3.8) is 0 Å². The molecular formula is C14H23N3O2. The quantitative estimate of drug-likeness (QED) is 0.736. The summed E-state index contributed by atoms with van der Waals surface area (Å²) in [6, 6.07) is 7.94. The molecule has 0 bridgehead atoms. The summed E-state index contributed by atoms with van der Waals surface area (Å²) in [5.74, 6) is 0. The average molecular weight is 265 g/mol. The maximum absolute atomic E-state index is 11.5. The molecule has 0 unspecified atom stereocenters. The zero-order valence-electron chi connectivity index (χ0n) is 11.9. The minimum atomic E-state index is -0.147. The first-order valence-corrected chi connectivity index (χ1v) is 6.40. The van der Waals surface area contributed by atoms with Gasteiger partial charge in [-0.15, -0.1) is 0 Å². The molecule has 0 aliphatic heterocycles. The van der Waals surface area contributed by atoms with Crippen molar-refractivity contribution in [3.05, 3.63) is 29.8 Å². The number of hydrogen-bond donors (Lipinski definition) is 2. The molecule has 106 valence electrons. The Balaban J connectivity index is 2.31. The largest absolute Gasteiger partial charge is 0.385 e. The van der Waals surface area contributed by atoms with E-state index in [4.69, 9.17) is 4.74 Å². The zero-order chi connectivity index (χ0) is 14.1. The van der Waals surface area contributed by atoms with Crippen LogP contribution in [0.4, 0.5) is 10.5 Å². The Morgan fingerprint density at radius 2 is 2.11 bits per heavy atom. The number of carbonyl (C=O) groups excluding carboxylic acids is 1. The Morgan fingerprint density at radius 1 is 1.32 bits per heavy atom. The lowest BCUT2D eigenvalue weighted by Gasteiger charge is -2.14. The molecule has 0 radical (unpaired) electrons. The molecule has 1 aromatic carbocycles. The highest BCUT2D eigenvalue weighted by atomic mass is 16.5. The van der Waals surface area contributed by atoms with Crippen molar-refractivity contribution in [3.8, 4) is 0 Å². The number of nitrogens with one attached hydrogen (secondary N) is 2. The second-order valence-electron chi connectivity index (χ2n) is 4.52. The maximum Gasteiger partial charge on any atom is 0.315 e. The van der Waals surface area contributed by atoms with Crippen LogP contribution < -0.4 is 15.5 Å². The normalized spacial score (nSPS) is 10.1. The molecule has 0 atom stereocenters. The summed E-state index contributed by atoms with van der Waals surface area (Å²) in [5.41, 5.74) is 2.21. The second-order valence-corrected chi connectivity index (χ2v) is 4.52. The number of ether oxygens (including phenoxy) is 1. The summed E-state index contributed by atoms with van der Waals surface area (Å²) in [4.78, 5) is 13.6. The molecule has 0 heterocycles. The fourth-order valence-corrected chi connectivity index (χ4v) is 1.61. The minimum absolute atomic E-state index is 0.147. The van der Waals surface area contributed by atoms with Crippen molar-refractivity contribution in [2.24, 2.45) is 0 Å². The molecule has 0 saturated carbocycles. The Hall–Kier alpha value is -1.75. The summed E-state index contributed by atoms with van der Waals surface area (Å²) in [6.45, 7) is 1.81. The first-order chi connectivity index (χ1) is 9.13. The lowest BCUT2D eigenvalue weighted by atomic mass is 10.2. The number of nitrogens with zero attached hydrogens (tertiary/aromatic N) is 1. The molecule has 0 aliphatic rings. The van der Waals surface area contributed by atoms with Crippen LogP contribution in [0.1, 0.15) is 12.0 Å². The highest BCUT2D eigenvalue weighted by Gasteiger charge is 2.01. The number of carbonyl (C=O) groups is 1. The van der Waals surface area contributed by atoms with E-state index in [0.717, 1.165) is 17.7 Å². The van der Waals surface area contributed by atoms with E-state index in [1.165, 1.54) is 0 Å². The van der Waals surface area contributed by atoms with Crippen molar-refractivity contribution in [1.82, 2.24) is 10.6 Å². The van der Waals surface area contributed by atoms with Gasteiger partial charge in [-0.25, -0.2) is 4.79 Å². The van der Waals surface area contributed by atoms with Crippen molar-refractivity contribution in [1.29, 1.82) is 0 Å². The number of methoxy groups -OCH3 is 1. The molecule has 5 nitrogen and oxygen atoms in total. The third-order valence-electron chi connectivity index (χ3n) is 2.69. The van der Waals surface area contributed by atoms with Crippen LogP contribution >= 0.6 is 0 Å². The molecule has 5 heteroatoms. The zero-order valence-corrected chi connectivity index (χ0v) is 11.9. The highest BCUT2D eigenvalue weighted by Crippen LogP contribution is 2.12. The van der Waals surface area contributed by atoms with E-state index in [9.17, 15) is 4.79 Å². The molecule has 19 heavy (non-hydrogen) atoms. The summed E-state index contributed by atoms with van der Waals surface area (Å²) in [6.07, 6.45) is 0.819. The van der Waals surface area contributed by atoms with E-state index in [-0.39, 0.29) is 6.03 Å². The highest BCUT2D eigenvalue weighted by molar-refractivity contribution is 5.73. The van der Waals surface area contributed by atoms with Crippen LogP contribution in [-0.2, 0) is 11.3 Å². The molecule has 1 rings (SSSR count). The van der Waals surface area contributed by atoms with Gasteiger partial charge in [0.15, 0.2) is 0 Å². The SMILES string of the molecule is COCCCNC(=O)NCc1cccc(N(C)C)c1. The van der Waals surface area contributed by atoms with Crippen molar-refractivity contribution in [2.45, 2.75) is 13.0 Å². The van der Waals surface area contributed by atoms with Crippen LogP contribution in [0.5, 0.6) is 0 Å². The lowest BCUT2D eigenvalue weighted by Crippen LogP contribution is -2.35. The molecule has 0 aromatic heterocycles. The first-order valence-electron chi connectivity index (χ1n) is 6.40. The van der Waals surface area contributed by atoms with Gasteiger partial charge >= 0.3 is 6.03 Å². The van der Waals surface area contributed by atoms with Crippen LogP contribution in [0, 0.1) is 0 Å². The van der Waals surface area contributed by atoms with E-state index in [1.807, 2.05) is 37.2 Å². The van der Waals surface area contributed by atoms with Crippen LogP contribution in [0.2, 0.25) is 0 Å². The van der Waals surface area contributed by atoms with Gasteiger partial charge in [0.25, 0.3) is 0 Å². The molecule has 2 amide bonds. The van der Waals surface area contributed by atoms with Gasteiger partial charge in [-0.1, -0.05) is 12.1 Å². The van der Waals surface area contributed by atoms with E-state index in [1.54, 1.807) is 7.11 Å². The van der Waals surface area contributed by atoms with Gasteiger partial charge in [-0.2, -0.15) is 0 Å². The first kappa shape index (κ1) is 15.3. The van der Waals surface area contributed by atoms with E-state index < -0.39 is 0 Å². The monoisotopic (exact) mass is 265 g/mol. The average Bonchev–Trinajstić information content (AvgIpc) is 2.41. The number of anilines is 1. The number of amides is 2. The number of rotatable bonds is 7. The van der Waals surface area contributed by atoms with E-state index in [2.05, 4.69) is 16.7 Å². The number of hydrogen-bond acceptors (Lipinski definition) is 3. The van der Waals surface area contributed by atoms with Crippen molar-refractivity contribution < 1.29 is 9.53 Å². The Morgan fingerprint density at radius 3 is 2.79 bits per heavy atom. The van der Waals surface area contributed by atoms with Gasteiger partial charge in [0.05, 0.1) is 0 Å². The molecule has 0 fully saturated rings. The summed E-state index contributed by atoms with van der Waals surface area (Å²) < 4.78 is 4.91. The van der Waals surface area contributed by atoms with E-state index in [0.29, 0.717) is 19.7 Å². The molecular weight excluding hydrogens is 242 g/mol. The Kier molecular flexibility index (Phi) is 6.74. The van der Waals surface area contributed by atoms with Gasteiger partial charge < -0.3 is 20.3 Å². The predicted molar refractivity (Wildman–Crippen MR) is 77.5 cm³/mol. The number of benzene rings is 1. The van der Waals surface area contributed by atoms with Crippen LogP contribution in [0.15, 0.2) is 24.3 Å². The predicted octanol–water partition coefficient (Wildman–Crippen LogP) is 1.59. The summed E-state index contributed by atoms with van der Waals surface area (Å²) in [7, 11) is 5.64. The van der Waals surface area contributed by atoms with Gasteiger partial charge in [-0.3, -0.25) is 0 Å². The minimum Gasteiger partial charge on any atom is -0.385 e. The topological polar surface area (TPSA) is 53.6 Å². The molecule has 1 aromatic rings.